The summed E-state index contributed by atoms with van der Waals surface area (Å²) in [7, 11) is 1.80. The molecule has 0 radical (unpaired) electrons. The average Bonchev–Trinajstić information content (AvgIpc) is 2.79. The molecule has 0 spiro atoms. The van der Waals surface area contributed by atoms with Gasteiger partial charge in [-0.1, -0.05) is 19.8 Å². The van der Waals surface area contributed by atoms with Crippen LogP contribution in [0.3, 0.4) is 0 Å². The number of hydrazine groups is 1. The highest BCUT2D eigenvalue weighted by Crippen LogP contribution is 2.22. The molecule has 1 saturated heterocycles. The Labute approximate surface area is 141 Å². The number of anilines is 2. The molecule has 6 nitrogen and oxygen atoms in total. The van der Waals surface area contributed by atoms with Crippen molar-refractivity contribution in [1.29, 1.82) is 0 Å². The summed E-state index contributed by atoms with van der Waals surface area (Å²) in [6.07, 6.45) is 3.56. The first kappa shape index (κ1) is 17.2. The van der Waals surface area contributed by atoms with E-state index in [0.29, 0.717) is 18.1 Å². The molecule has 1 aromatic carbocycles. The van der Waals surface area contributed by atoms with Crippen LogP contribution in [0.4, 0.5) is 11.4 Å². The first-order valence-electron chi connectivity index (χ1n) is 7.76. The van der Waals surface area contributed by atoms with E-state index < -0.39 is 0 Å². The van der Waals surface area contributed by atoms with E-state index in [0.717, 1.165) is 30.6 Å². The second-order valence-corrected chi connectivity index (χ2v) is 5.91. The van der Waals surface area contributed by atoms with E-state index >= 15 is 0 Å². The molecule has 0 aromatic heterocycles. The topological polar surface area (TPSA) is 64.7 Å². The second-order valence-electron chi connectivity index (χ2n) is 5.54. The van der Waals surface area contributed by atoms with Crippen LogP contribution in [-0.4, -0.2) is 35.4 Å². The number of hydrogen-bond donors (Lipinski definition) is 2. The molecule has 0 saturated carbocycles. The minimum Gasteiger partial charge on any atom is -0.342 e. The largest absolute Gasteiger partial charge is 0.342 e. The highest BCUT2D eigenvalue weighted by molar-refractivity contribution is 7.80. The summed E-state index contributed by atoms with van der Waals surface area (Å²) >= 11 is 5.25. The minimum absolute atomic E-state index is 0.0277. The molecule has 1 aliphatic heterocycles. The van der Waals surface area contributed by atoms with Crippen LogP contribution in [0, 0.1) is 0 Å². The van der Waals surface area contributed by atoms with Gasteiger partial charge in [0.05, 0.1) is 17.9 Å². The van der Waals surface area contributed by atoms with Crippen molar-refractivity contribution in [2.75, 3.05) is 23.9 Å². The number of amides is 2. The Bertz CT molecular complexity index is 588. The van der Waals surface area contributed by atoms with Crippen molar-refractivity contribution >= 4 is 40.5 Å². The quantitative estimate of drug-likeness (QED) is 0.455. The third-order valence-corrected chi connectivity index (χ3v) is 4.11. The van der Waals surface area contributed by atoms with Gasteiger partial charge in [-0.3, -0.25) is 25.3 Å². The van der Waals surface area contributed by atoms with E-state index in [1.165, 1.54) is 4.90 Å². The molecule has 0 bridgehead atoms. The van der Waals surface area contributed by atoms with E-state index in [-0.39, 0.29) is 11.8 Å². The number of unbranched alkanes of at least 4 members (excludes halogenated alkanes) is 2. The van der Waals surface area contributed by atoms with Crippen molar-refractivity contribution in [3.8, 4) is 0 Å². The molecular formula is C16H22N4O2S. The van der Waals surface area contributed by atoms with Gasteiger partial charge >= 0.3 is 0 Å². The summed E-state index contributed by atoms with van der Waals surface area (Å²) in [4.78, 5) is 26.8. The van der Waals surface area contributed by atoms with Crippen LogP contribution in [0.15, 0.2) is 24.3 Å². The first-order valence-corrected chi connectivity index (χ1v) is 8.16. The number of thiocarbonyl (C=S) groups is 1. The zero-order valence-electron chi connectivity index (χ0n) is 13.5. The molecule has 1 aromatic rings. The fourth-order valence-electron chi connectivity index (χ4n) is 2.31. The third kappa shape index (κ3) is 4.41. The lowest BCUT2D eigenvalue weighted by molar-refractivity contribution is -0.120. The monoisotopic (exact) mass is 334 g/mol. The predicted molar refractivity (Wildman–Crippen MR) is 95.1 cm³/mol. The number of nitrogens with zero attached hydrogens (tertiary/aromatic N) is 2. The highest BCUT2D eigenvalue weighted by Gasteiger charge is 2.31. The molecule has 1 fully saturated rings. The Balaban J connectivity index is 1.89. The fourth-order valence-corrected chi connectivity index (χ4v) is 2.58. The molecule has 2 N–H and O–H groups in total. The summed E-state index contributed by atoms with van der Waals surface area (Å²) in [5.41, 5.74) is 7.02. The Kier molecular flexibility index (Phi) is 5.92. The fraction of sp³-hybridized carbons (Fsp3) is 0.438. The van der Waals surface area contributed by atoms with Crippen molar-refractivity contribution in [1.82, 2.24) is 10.3 Å². The molecule has 0 unspecified atom stereocenters. The van der Waals surface area contributed by atoms with Gasteiger partial charge < -0.3 is 4.90 Å². The van der Waals surface area contributed by atoms with Gasteiger partial charge in [0, 0.05) is 13.5 Å². The molecule has 7 heteroatoms. The number of carbonyl (C=O) groups excluding carboxylic acids is 2. The minimum atomic E-state index is -0.0394. The van der Waals surface area contributed by atoms with Gasteiger partial charge in [0.25, 0.3) is 5.91 Å². The normalized spacial score (nSPS) is 14.3. The smallest absolute Gasteiger partial charge is 0.252 e. The van der Waals surface area contributed by atoms with Gasteiger partial charge in [0.2, 0.25) is 5.91 Å². The Hall–Kier alpha value is -2.15. The first-order chi connectivity index (χ1) is 11.0. The van der Waals surface area contributed by atoms with Crippen molar-refractivity contribution < 1.29 is 9.59 Å². The number of rotatable bonds is 7. The Morgan fingerprint density at radius 1 is 1.26 bits per heavy atom. The third-order valence-electron chi connectivity index (χ3n) is 3.62. The van der Waals surface area contributed by atoms with E-state index in [1.54, 1.807) is 36.2 Å². The molecule has 2 amide bonds. The van der Waals surface area contributed by atoms with Gasteiger partial charge in [-0.25, -0.2) is 0 Å². The van der Waals surface area contributed by atoms with Gasteiger partial charge in [0.1, 0.15) is 0 Å². The summed E-state index contributed by atoms with van der Waals surface area (Å²) in [6, 6.07) is 7.20. The second kappa shape index (κ2) is 7.92. The molecule has 2 rings (SSSR count). The van der Waals surface area contributed by atoms with E-state index in [2.05, 4.69) is 17.8 Å². The Morgan fingerprint density at radius 3 is 2.52 bits per heavy atom. The lowest BCUT2D eigenvalue weighted by atomic mass is 10.2. The molecule has 1 heterocycles. The summed E-state index contributed by atoms with van der Waals surface area (Å²) < 4.78 is 0. The van der Waals surface area contributed by atoms with E-state index in [4.69, 9.17) is 12.2 Å². The predicted octanol–water partition coefficient (Wildman–Crippen LogP) is 2.27. The van der Waals surface area contributed by atoms with Gasteiger partial charge in [0.15, 0.2) is 5.11 Å². The summed E-state index contributed by atoms with van der Waals surface area (Å²) in [6.45, 7) is 2.40. The maximum atomic E-state index is 11.9. The maximum absolute atomic E-state index is 11.9. The van der Waals surface area contributed by atoms with Crippen LogP contribution >= 0.6 is 12.2 Å². The van der Waals surface area contributed by atoms with E-state index in [1.807, 2.05) is 0 Å². The van der Waals surface area contributed by atoms with Crippen LogP contribution in [-0.2, 0) is 9.59 Å². The van der Waals surface area contributed by atoms with Crippen molar-refractivity contribution in [3.05, 3.63) is 24.3 Å². The van der Waals surface area contributed by atoms with Crippen molar-refractivity contribution in [2.24, 2.45) is 0 Å². The molecule has 124 valence electrons. The zero-order valence-corrected chi connectivity index (χ0v) is 14.3. The van der Waals surface area contributed by atoms with Crippen LogP contribution in [0.5, 0.6) is 0 Å². The maximum Gasteiger partial charge on any atom is 0.252 e. The summed E-state index contributed by atoms with van der Waals surface area (Å²) in [5, 5.41) is 0.500. The molecule has 23 heavy (non-hydrogen) atoms. The van der Waals surface area contributed by atoms with Gasteiger partial charge in [-0.2, -0.15) is 0 Å². The standard InChI is InChI=1S/C16H22N4O2S/c1-3-4-5-6-14(21)18-17-12-7-9-13(10-8-12)20-15(22)11-19(2)16(20)23/h7-10,17H,3-6,11H2,1-2H3,(H,18,21). The van der Waals surface area contributed by atoms with Crippen molar-refractivity contribution in [2.45, 2.75) is 32.6 Å². The molecule has 0 aliphatic carbocycles. The van der Waals surface area contributed by atoms with Crippen LogP contribution in [0.25, 0.3) is 0 Å². The Morgan fingerprint density at radius 2 is 1.96 bits per heavy atom. The van der Waals surface area contributed by atoms with Crippen LogP contribution < -0.4 is 15.8 Å². The highest BCUT2D eigenvalue weighted by atomic mass is 32.1. The number of likely N-dealkylation sites (N-methyl/N-ethyl adjacent to an activating group) is 1. The number of carbonyl (C=O) groups is 2. The lowest BCUT2D eigenvalue weighted by Gasteiger charge is -2.17. The van der Waals surface area contributed by atoms with Crippen LogP contribution in [0.1, 0.15) is 32.6 Å². The van der Waals surface area contributed by atoms with Crippen LogP contribution in [0.2, 0.25) is 0 Å². The van der Waals surface area contributed by atoms with Gasteiger partial charge in [-0.15, -0.1) is 0 Å². The molecular weight excluding hydrogens is 312 g/mol. The van der Waals surface area contributed by atoms with Gasteiger partial charge in [-0.05, 0) is 42.9 Å². The lowest BCUT2D eigenvalue weighted by Crippen LogP contribution is -2.31. The van der Waals surface area contributed by atoms with Crippen molar-refractivity contribution in [3.63, 3.8) is 0 Å². The number of nitrogens with one attached hydrogen (secondary N) is 2. The molecule has 0 atom stereocenters. The average molecular weight is 334 g/mol. The number of hydrogen-bond acceptors (Lipinski definition) is 4. The zero-order chi connectivity index (χ0) is 16.8. The summed E-state index contributed by atoms with van der Waals surface area (Å²) in [5.74, 6) is -0.0671. The SMILES string of the molecule is CCCCCC(=O)NNc1ccc(N2C(=O)CN(C)C2=S)cc1. The molecule has 1 aliphatic rings. The number of benzene rings is 1. The van der Waals surface area contributed by atoms with E-state index in [9.17, 15) is 9.59 Å².